The number of rotatable bonds is 10. The number of amidine groups is 1. The zero-order valence-corrected chi connectivity index (χ0v) is 20.6. The first-order valence-electron chi connectivity index (χ1n) is 10.5. The van der Waals surface area contributed by atoms with Crippen LogP contribution in [0.2, 0.25) is 0 Å². The number of carbonyl (C=O) groups is 4. The molecule has 2 aromatic rings. The van der Waals surface area contributed by atoms with E-state index < -0.39 is 36.5 Å². The van der Waals surface area contributed by atoms with Gasteiger partial charge < -0.3 is 30.7 Å². The number of nitrogens with one attached hydrogen (secondary N) is 1. The summed E-state index contributed by atoms with van der Waals surface area (Å²) in [6.45, 7) is 1.07. The highest BCUT2D eigenvalue weighted by molar-refractivity contribution is 7.14. The summed E-state index contributed by atoms with van der Waals surface area (Å²) in [7, 11) is 0. The van der Waals surface area contributed by atoms with Gasteiger partial charge >= 0.3 is 24.1 Å². The molecule has 0 bridgehead atoms. The minimum atomic E-state index is -5.08. The Hall–Kier alpha value is -4.24. The van der Waals surface area contributed by atoms with E-state index in [1.807, 2.05) is 0 Å². The maximum Gasteiger partial charge on any atom is 0.490 e. The van der Waals surface area contributed by atoms with Crippen LogP contribution in [0.3, 0.4) is 0 Å². The predicted octanol–water partition coefficient (Wildman–Crippen LogP) is 2.58. The Labute approximate surface area is 218 Å². The first kappa shape index (κ1) is 31.8. The van der Waals surface area contributed by atoms with Gasteiger partial charge in [-0.1, -0.05) is 0 Å². The van der Waals surface area contributed by atoms with E-state index in [4.69, 9.17) is 36.0 Å². The smallest absolute Gasteiger partial charge is 0.480 e. The van der Waals surface area contributed by atoms with Crippen molar-refractivity contribution in [3.8, 4) is 5.75 Å². The van der Waals surface area contributed by atoms with E-state index in [-0.39, 0.29) is 25.4 Å². The maximum absolute atomic E-state index is 12.5. The van der Waals surface area contributed by atoms with Crippen LogP contribution >= 0.6 is 11.3 Å². The topological polar surface area (TPSA) is 191 Å². The number of hydrogen-bond donors (Lipinski definition) is 5. The van der Waals surface area contributed by atoms with Gasteiger partial charge in [-0.3, -0.25) is 15.0 Å². The molecular weight excluding hydrogens is 535 g/mol. The van der Waals surface area contributed by atoms with Crippen molar-refractivity contribution in [3.05, 3.63) is 57.3 Å². The van der Waals surface area contributed by atoms with Crippen molar-refractivity contribution in [2.45, 2.75) is 19.5 Å². The van der Waals surface area contributed by atoms with Crippen LogP contribution in [-0.4, -0.2) is 75.7 Å². The van der Waals surface area contributed by atoms with Crippen molar-refractivity contribution in [2.75, 3.05) is 19.7 Å². The molecule has 1 aromatic carbocycles. The highest BCUT2D eigenvalue weighted by atomic mass is 32.1. The van der Waals surface area contributed by atoms with Gasteiger partial charge in [0.2, 0.25) is 5.91 Å². The van der Waals surface area contributed by atoms with Gasteiger partial charge in [-0.15, -0.1) is 11.3 Å². The normalized spacial score (nSPS) is 11.1. The van der Waals surface area contributed by atoms with Gasteiger partial charge in [0.05, 0.1) is 0 Å². The number of nitrogens with zero attached hydrogens (tertiary/aromatic N) is 1. The number of carboxylic acids is 2. The minimum absolute atomic E-state index is 0.0873. The van der Waals surface area contributed by atoms with E-state index in [1.165, 1.54) is 12.1 Å². The van der Waals surface area contributed by atoms with Crippen LogP contribution in [0.4, 0.5) is 13.2 Å². The van der Waals surface area contributed by atoms with Crippen molar-refractivity contribution in [1.29, 1.82) is 5.41 Å². The number of ether oxygens (including phenoxy) is 1. The van der Waals surface area contributed by atoms with Crippen LogP contribution in [0.25, 0.3) is 6.08 Å². The van der Waals surface area contributed by atoms with Gasteiger partial charge in [-0.05, 0) is 55.8 Å². The third-order valence-electron chi connectivity index (χ3n) is 4.34. The number of benzene rings is 1. The first-order valence-corrected chi connectivity index (χ1v) is 11.3. The van der Waals surface area contributed by atoms with Crippen LogP contribution in [0.1, 0.15) is 33.5 Å². The highest BCUT2D eigenvalue weighted by Gasteiger charge is 2.38. The fourth-order valence-corrected chi connectivity index (χ4v) is 3.49. The number of nitrogen functional groups attached to an aromatic ring is 1. The number of hydrogen-bond acceptors (Lipinski definition) is 8. The van der Waals surface area contributed by atoms with E-state index in [0.29, 0.717) is 26.6 Å². The number of amides is 1. The Morgan fingerprint density at radius 3 is 2.16 bits per heavy atom. The summed E-state index contributed by atoms with van der Waals surface area (Å²) < 4.78 is 37.0. The molecule has 0 atom stereocenters. The average Bonchev–Trinajstić information content (AvgIpc) is 3.29. The lowest BCUT2D eigenvalue weighted by Gasteiger charge is -2.20. The Morgan fingerprint density at radius 2 is 1.68 bits per heavy atom. The third-order valence-corrected chi connectivity index (χ3v) is 5.35. The summed E-state index contributed by atoms with van der Waals surface area (Å²) in [6, 6.07) is 9.45. The molecule has 11 nitrogen and oxygen atoms in total. The van der Waals surface area contributed by atoms with E-state index >= 15 is 0 Å². The molecule has 0 radical (unpaired) electrons. The molecule has 0 saturated carbocycles. The number of halogens is 3. The molecule has 0 aliphatic carbocycles. The first-order chi connectivity index (χ1) is 17.6. The standard InChI is InChI=1S/C21H23N3O6S.C2HF3O2/c1-13(20(28)24(9-2-10-25)12-18(26)27)11-16-7-8-17(31-16)21(29)30-15-5-3-14(4-6-15)19(22)23;3-2(4,5)1(6)7/h3-8,11,25H,2,9-10,12H2,1H3,(H3,22,23)(H,26,27);(H,6,7)/b13-11+;. The quantitative estimate of drug-likeness (QED) is 0.0957. The van der Waals surface area contributed by atoms with E-state index in [9.17, 15) is 27.6 Å². The van der Waals surface area contributed by atoms with Crippen molar-refractivity contribution in [3.63, 3.8) is 0 Å². The molecule has 0 spiro atoms. The number of esters is 1. The second-order valence-electron chi connectivity index (χ2n) is 7.36. The van der Waals surface area contributed by atoms with E-state index in [0.717, 1.165) is 16.2 Å². The van der Waals surface area contributed by atoms with Gasteiger partial charge in [0, 0.05) is 29.2 Å². The second kappa shape index (κ2) is 14.5. The zero-order chi connectivity index (χ0) is 29.0. The summed E-state index contributed by atoms with van der Waals surface area (Å²) in [5.41, 5.74) is 6.21. The van der Waals surface area contributed by atoms with Gasteiger partial charge in [-0.25, -0.2) is 9.59 Å². The van der Waals surface area contributed by atoms with Crippen molar-refractivity contribution >= 4 is 47.1 Å². The Balaban J connectivity index is 0.000000905. The minimum Gasteiger partial charge on any atom is -0.480 e. The SMILES string of the molecule is C/C(=C\c1ccc(C(=O)Oc2ccc(C(=N)N)cc2)s1)C(=O)N(CCCO)CC(=O)O.O=C(O)C(F)(F)F. The van der Waals surface area contributed by atoms with Crippen LogP contribution in [-0.2, 0) is 14.4 Å². The molecule has 15 heteroatoms. The lowest BCUT2D eigenvalue weighted by atomic mass is 10.2. The lowest BCUT2D eigenvalue weighted by molar-refractivity contribution is -0.192. The van der Waals surface area contributed by atoms with Gasteiger partial charge in [0.25, 0.3) is 0 Å². The Kier molecular flexibility index (Phi) is 12.1. The van der Waals surface area contributed by atoms with Crippen molar-refractivity contribution in [1.82, 2.24) is 4.90 Å². The molecule has 0 fully saturated rings. The van der Waals surface area contributed by atoms with Gasteiger partial charge in [0.15, 0.2) is 0 Å². The van der Waals surface area contributed by atoms with Crippen LogP contribution < -0.4 is 10.5 Å². The fraction of sp³-hybridized carbons (Fsp3) is 0.261. The summed E-state index contributed by atoms with van der Waals surface area (Å²) in [4.78, 5) is 46.9. The van der Waals surface area contributed by atoms with Crippen LogP contribution in [0.5, 0.6) is 5.75 Å². The molecule has 0 saturated heterocycles. The number of aliphatic hydroxyl groups excluding tert-OH is 1. The fourth-order valence-electron chi connectivity index (χ4n) is 2.60. The number of aliphatic carboxylic acids is 2. The van der Waals surface area contributed by atoms with E-state index in [2.05, 4.69) is 0 Å². The molecule has 1 amide bonds. The largest absolute Gasteiger partial charge is 0.490 e. The highest BCUT2D eigenvalue weighted by Crippen LogP contribution is 2.22. The molecule has 2 rings (SSSR count). The molecule has 0 aliphatic rings. The number of thiophene rings is 1. The van der Waals surface area contributed by atoms with E-state index in [1.54, 1.807) is 37.3 Å². The summed E-state index contributed by atoms with van der Waals surface area (Å²) in [5.74, 6) is -4.71. The second-order valence-corrected chi connectivity index (χ2v) is 8.47. The summed E-state index contributed by atoms with van der Waals surface area (Å²) in [6.07, 6.45) is -3.24. The molecule has 0 unspecified atom stereocenters. The van der Waals surface area contributed by atoms with Crippen LogP contribution in [0.15, 0.2) is 42.0 Å². The number of carbonyl (C=O) groups excluding carboxylic acids is 2. The molecule has 6 N–H and O–H groups in total. The van der Waals surface area contributed by atoms with Gasteiger partial charge in [-0.2, -0.15) is 13.2 Å². The molecule has 1 heterocycles. The maximum atomic E-state index is 12.5. The molecular formula is C23H24F3N3O8S. The number of nitrogens with two attached hydrogens (primary N) is 1. The summed E-state index contributed by atoms with van der Waals surface area (Å²) in [5, 5.41) is 32.4. The molecule has 0 aliphatic heterocycles. The molecule has 1 aromatic heterocycles. The monoisotopic (exact) mass is 559 g/mol. The third kappa shape index (κ3) is 10.8. The number of aliphatic hydroxyl groups is 1. The lowest BCUT2D eigenvalue weighted by Crippen LogP contribution is -2.37. The van der Waals surface area contributed by atoms with Crippen molar-refractivity contribution in [2.24, 2.45) is 5.73 Å². The number of alkyl halides is 3. The van der Waals surface area contributed by atoms with Crippen LogP contribution in [0, 0.1) is 5.41 Å². The molecule has 38 heavy (non-hydrogen) atoms. The zero-order valence-electron chi connectivity index (χ0n) is 19.8. The van der Waals surface area contributed by atoms with Gasteiger partial charge in [0.1, 0.15) is 23.0 Å². The predicted molar refractivity (Wildman–Crippen MR) is 130 cm³/mol. The average molecular weight is 560 g/mol. The Morgan fingerprint density at radius 1 is 1.11 bits per heavy atom. The Bertz CT molecular complexity index is 1190. The summed E-state index contributed by atoms with van der Waals surface area (Å²) >= 11 is 1.13. The van der Waals surface area contributed by atoms with Crippen molar-refractivity contribution < 1.29 is 52.4 Å². The number of carboxylic acid groups (broad SMARTS) is 2. The molecule has 206 valence electrons.